The summed E-state index contributed by atoms with van der Waals surface area (Å²) in [5.74, 6) is 0.557. The van der Waals surface area contributed by atoms with Crippen LogP contribution in [0.4, 0.5) is 0 Å². The lowest BCUT2D eigenvalue weighted by molar-refractivity contribution is 0.0920. The zero-order valence-corrected chi connectivity index (χ0v) is 16.8. The van der Waals surface area contributed by atoms with Crippen molar-refractivity contribution in [2.45, 2.75) is 39.8 Å². The minimum absolute atomic E-state index is 0.0154. The number of carbonyl (C=O) groups is 1. The third-order valence-electron chi connectivity index (χ3n) is 4.75. The number of aliphatic hydroxyl groups excluding tert-OH is 1. The maximum Gasteiger partial charge on any atom is 0.202 e. The Morgan fingerprint density at radius 3 is 2.74 bits per heavy atom. The summed E-state index contributed by atoms with van der Waals surface area (Å²) in [6.45, 7) is 6.57. The second kappa shape index (κ2) is 8.55. The monoisotopic (exact) mass is 383 g/mol. The molecule has 0 aliphatic rings. The minimum atomic E-state index is -0.563. The van der Waals surface area contributed by atoms with Gasteiger partial charge in [0.1, 0.15) is 5.75 Å². The molecule has 0 radical (unpaired) electrons. The zero-order chi connectivity index (χ0) is 19.4. The van der Waals surface area contributed by atoms with Crippen molar-refractivity contribution in [1.82, 2.24) is 4.57 Å². The predicted molar refractivity (Wildman–Crippen MR) is 109 cm³/mol. The highest BCUT2D eigenvalue weighted by atomic mass is 32.1. The molecule has 2 aromatic heterocycles. The first kappa shape index (κ1) is 19.4. The Morgan fingerprint density at radius 2 is 2.04 bits per heavy atom. The summed E-state index contributed by atoms with van der Waals surface area (Å²) in [6.07, 6.45) is 0.399. The van der Waals surface area contributed by atoms with Crippen LogP contribution in [0.5, 0.6) is 5.75 Å². The van der Waals surface area contributed by atoms with Crippen molar-refractivity contribution in [1.29, 1.82) is 0 Å². The molecule has 27 heavy (non-hydrogen) atoms. The van der Waals surface area contributed by atoms with Crippen molar-refractivity contribution in [2.75, 3.05) is 6.61 Å². The van der Waals surface area contributed by atoms with Crippen molar-refractivity contribution in [3.8, 4) is 5.75 Å². The van der Waals surface area contributed by atoms with Gasteiger partial charge in [-0.3, -0.25) is 4.79 Å². The third-order valence-corrected chi connectivity index (χ3v) is 5.68. The second-order valence-electron chi connectivity index (χ2n) is 6.73. The predicted octanol–water partition coefficient (Wildman–Crippen LogP) is 4.72. The molecular formula is C22H25NO3S. The number of carbonyl (C=O) groups excluding carboxylic acids is 1. The van der Waals surface area contributed by atoms with E-state index in [-0.39, 0.29) is 12.4 Å². The van der Waals surface area contributed by atoms with Gasteiger partial charge in [0.05, 0.1) is 6.10 Å². The highest BCUT2D eigenvalue weighted by Gasteiger charge is 2.16. The number of ketones is 1. The van der Waals surface area contributed by atoms with E-state index in [1.807, 2.05) is 32.0 Å². The van der Waals surface area contributed by atoms with Gasteiger partial charge >= 0.3 is 0 Å². The molecule has 0 aliphatic carbocycles. The quantitative estimate of drug-likeness (QED) is 0.573. The summed E-state index contributed by atoms with van der Waals surface area (Å²) in [6, 6.07) is 13.4. The maximum atomic E-state index is 12.7. The van der Waals surface area contributed by atoms with E-state index in [0.717, 1.165) is 29.9 Å². The Balaban J connectivity index is 1.66. The van der Waals surface area contributed by atoms with Crippen LogP contribution in [0.25, 0.3) is 0 Å². The number of aromatic nitrogens is 1. The molecule has 0 saturated heterocycles. The molecule has 142 valence electrons. The van der Waals surface area contributed by atoms with E-state index in [4.69, 9.17) is 4.74 Å². The van der Waals surface area contributed by atoms with Crippen molar-refractivity contribution in [3.63, 3.8) is 0 Å². The zero-order valence-electron chi connectivity index (χ0n) is 15.9. The van der Waals surface area contributed by atoms with E-state index < -0.39 is 6.10 Å². The molecule has 3 rings (SSSR count). The van der Waals surface area contributed by atoms with Crippen LogP contribution in [0.3, 0.4) is 0 Å². The summed E-state index contributed by atoms with van der Waals surface area (Å²) in [5, 5.41) is 11.8. The third kappa shape index (κ3) is 4.67. The van der Waals surface area contributed by atoms with Gasteiger partial charge in [-0.25, -0.2) is 0 Å². The van der Waals surface area contributed by atoms with E-state index in [2.05, 4.69) is 22.1 Å². The molecule has 4 nitrogen and oxygen atoms in total. The van der Waals surface area contributed by atoms with E-state index in [1.165, 1.54) is 4.88 Å². The fourth-order valence-electron chi connectivity index (χ4n) is 3.20. The molecule has 0 bridgehead atoms. The first-order chi connectivity index (χ1) is 13.0. The highest BCUT2D eigenvalue weighted by molar-refractivity contribution is 7.09. The van der Waals surface area contributed by atoms with Gasteiger partial charge in [-0.1, -0.05) is 18.2 Å². The molecule has 1 atom stereocenters. The fraction of sp³-hybridized carbons (Fsp3) is 0.318. The first-order valence-electron chi connectivity index (χ1n) is 9.09. The number of aryl methyl sites for hydroxylation is 2. The summed E-state index contributed by atoms with van der Waals surface area (Å²) in [5.41, 5.74) is 3.55. The molecule has 1 aromatic carbocycles. The van der Waals surface area contributed by atoms with Crippen LogP contribution in [0, 0.1) is 13.8 Å². The second-order valence-corrected chi connectivity index (χ2v) is 7.76. The molecule has 5 heteroatoms. The fourth-order valence-corrected chi connectivity index (χ4v) is 3.89. The Kier molecular flexibility index (Phi) is 6.14. The minimum Gasteiger partial charge on any atom is -0.485 e. The highest BCUT2D eigenvalue weighted by Crippen LogP contribution is 2.21. The van der Waals surface area contributed by atoms with Crippen LogP contribution in [0.2, 0.25) is 0 Å². The molecule has 0 spiro atoms. The van der Waals surface area contributed by atoms with Gasteiger partial charge in [0.25, 0.3) is 0 Å². The average molecular weight is 384 g/mol. The number of Topliss-reactive ketones (excluding diaryl/α,β-unsaturated/α-hetero) is 1. The topological polar surface area (TPSA) is 51.5 Å². The average Bonchev–Trinajstić information content (AvgIpc) is 3.26. The van der Waals surface area contributed by atoms with Crippen LogP contribution in [-0.4, -0.2) is 22.1 Å². The molecule has 0 fully saturated rings. The van der Waals surface area contributed by atoms with Gasteiger partial charge in [0, 0.05) is 28.4 Å². The summed E-state index contributed by atoms with van der Waals surface area (Å²) in [7, 11) is 0. The molecular weight excluding hydrogens is 358 g/mol. The van der Waals surface area contributed by atoms with Crippen LogP contribution in [0.1, 0.15) is 45.2 Å². The Morgan fingerprint density at radius 1 is 1.22 bits per heavy atom. The molecule has 0 aliphatic heterocycles. The largest absolute Gasteiger partial charge is 0.485 e. The van der Waals surface area contributed by atoms with Crippen LogP contribution >= 0.6 is 11.3 Å². The van der Waals surface area contributed by atoms with Crippen LogP contribution in [-0.2, 0) is 13.0 Å². The number of benzene rings is 1. The number of thiophene rings is 1. The van der Waals surface area contributed by atoms with Crippen LogP contribution < -0.4 is 4.74 Å². The number of rotatable bonds is 8. The van der Waals surface area contributed by atoms with E-state index in [9.17, 15) is 9.90 Å². The first-order valence-corrected chi connectivity index (χ1v) is 9.97. The number of hydrogen-bond donors (Lipinski definition) is 1. The number of nitrogens with zero attached hydrogens (tertiary/aromatic N) is 1. The molecule has 0 unspecified atom stereocenters. The molecule has 0 saturated carbocycles. The van der Waals surface area contributed by atoms with Crippen molar-refractivity contribution < 1.29 is 14.6 Å². The summed E-state index contributed by atoms with van der Waals surface area (Å²) >= 11 is 1.76. The Labute approximate surface area is 164 Å². The lowest BCUT2D eigenvalue weighted by Crippen LogP contribution is -2.13. The van der Waals surface area contributed by atoms with Crippen molar-refractivity contribution >= 4 is 17.1 Å². The van der Waals surface area contributed by atoms with Crippen molar-refractivity contribution in [2.24, 2.45) is 0 Å². The normalized spacial score (nSPS) is 12.1. The van der Waals surface area contributed by atoms with E-state index >= 15 is 0 Å². The van der Waals surface area contributed by atoms with Gasteiger partial charge in [-0.15, -0.1) is 11.3 Å². The van der Waals surface area contributed by atoms with E-state index in [1.54, 1.807) is 30.4 Å². The Hall–Kier alpha value is -2.37. The lowest BCUT2D eigenvalue weighted by atomic mass is 10.1. The van der Waals surface area contributed by atoms with E-state index in [0.29, 0.717) is 11.3 Å². The van der Waals surface area contributed by atoms with Gasteiger partial charge in [-0.2, -0.15) is 0 Å². The summed E-state index contributed by atoms with van der Waals surface area (Å²) < 4.78 is 7.86. The SMILES string of the molecule is Cc1cc(C(=O)COc2cccc([C@H](C)O)c2)c(C)n1CCc1cccs1. The molecule has 1 N–H and O–H groups in total. The van der Waals surface area contributed by atoms with Gasteiger partial charge in [-0.05, 0) is 62.4 Å². The molecule has 2 heterocycles. The summed E-state index contributed by atoms with van der Waals surface area (Å²) in [4.78, 5) is 14.0. The molecule has 0 amide bonds. The van der Waals surface area contributed by atoms with Crippen molar-refractivity contribution in [3.05, 3.63) is 75.2 Å². The number of ether oxygens (including phenoxy) is 1. The lowest BCUT2D eigenvalue weighted by Gasteiger charge is -2.10. The van der Waals surface area contributed by atoms with Crippen LogP contribution in [0.15, 0.2) is 47.8 Å². The van der Waals surface area contributed by atoms with Gasteiger partial charge < -0.3 is 14.4 Å². The standard InChI is InChI=1S/C22H25NO3S/c1-15-12-21(16(2)23(15)10-9-20-8-5-11-27-20)22(25)14-26-19-7-4-6-18(13-19)17(3)24/h4-8,11-13,17,24H,9-10,14H2,1-3H3/t17-/m0/s1. The van der Waals surface area contributed by atoms with Gasteiger partial charge in [0.2, 0.25) is 5.78 Å². The molecule has 3 aromatic rings. The maximum absolute atomic E-state index is 12.7. The Bertz CT molecular complexity index is 910. The number of hydrogen-bond acceptors (Lipinski definition) is 4. The smallest absolute Gasteiger partial charge is 0.202 e. The number of aliphatic hydroxyl groups is 1. The van der Waals surface area contributed by atoms with Gasteiger partial charge in [0.15, 0.2) is 6.61 Å².